The number of hydrogen-bond acceptors (Lipinski definition) is 6. The first-order valence-corrected chi connectivity index (χ1v) is 6.46. The van der Waals surface area contributed by atoms with Crippen LogP contribution < -0.4 is 9.80 Å². The van der Waals surface area contributed by atoms with Crippen molar-refractivity contribution in [2.24, 2.45) is 0 Å². The van der Waals surface area contributed by atoms with Crippen molar-refractivity contribution in [2.45, 2.75) is 25.3 Å². The summed E-state index contributed by atoms with van der Waals surface area (Å²) in [4.78, 5) is 16.4. The summed E-state index contributed by atoms with van der Waals surface area (Å²) in [7, 11) is 3.71. The lowest BCUT2D eigenvalue weighted by molar-refractivity contribution is 0.238. The van der Waals surface area contributed by atoms with E-state index in [2.05, 4.69) is 15.0 Å². The quantitative estimate of drug-likeness (QED) is 0.883. The van der Waals surface area contributed by atoms with Crippen molar-refractivity contribution in [3.05, 3.63) is 5.28 Å². The van der Waals surface area contributed by atoms with E-state index in [4.69, 9.17) is 11.6 Å². The Kier molecular flexibility index (Phi) is 4.19. The molecule has 18 heavy (non-hydrogen) atoms. The Balaban J connectivity index is 2.30. The molecule has 7 heteroatoms. The topological polar surface area (TPSA) is 65.4 Å². The van der Waals surface area contributed by atoms with E-state index in [1.165, 1.54) is 0 Å². The number of anilines is 2. The highest BCUT2D eigenvalue weighted by Gasteiger charge is 2.25. The number of aliphatic hydroxyl groups is 1. The monoisotopic (exact) mass is 271 g/mol. The van der Waals surface area contributed by atoms with Gasteiger partial charge in [-0.25, -0.2) is 0 Å². The molecule has 1 aromatic heterocycles. The third-order valence-electron chi connectivity index (χ3n) is 3.08. The number of aliphatic hydroxyl groups excluding tert-OH is 1. The molecule has 1 aliphatic rings. The Labute approximate surface area is 112 Å². The molecular weight excluding hydrogens is 254 g/mol. The summed E-state index contributed by atoms with van der Waals surface area (Å²) < 4.78 is 0. The molecule has 0 radical (unpaired) electrons. The molecule has 1 atom stereocenters. The lowest BCUT2D eigenvalue weighted by Crippen LogP contribution is -2.43. The molecule has 1 aromatic rings. The summed E-state index contributed by atoms with van der Waals surface area (Å²) in [6, 6.07) is 0.0761. The van der Waals surface area contributed by atoms with E-state index >= 15 is 0 Å². The lowest BCUT2D eigenvalue weighted by Gasteiger charge is -2.34. The summed E-state index contributed by atoms with van der Waals surface area (Å²) in [6.45, 7) is 0.957. The predicted octanol–water partition coefficient (Wildman–Crippen LogP) is 0.942. The highest BCUT2D eigenvalue weighted by molar-refractivity contribution is 6.28. The zero-order valence-electron chi connectivity index (χ0n) is 10.7. The molecule has 100 valence electrons. The largest absolute Gasteiger partial charge is 0.394 e. The summed E-state index contributed by atoms with van der Waals surface area (Å²) in [6.07, 6.45) is 3.16. The van der Waals surface area contributed by atoms with Gasteiger partial charge in [-0.3, -0.25) is 0 Å². The number of halogens is 1. The van der Waals surface area contributed by atoms with E-state index in [-0.39, 0.29) is 17.9 Å². The normalized spacial score (nSPS) is 20.0. The summed E-state index contributed by atoms with van der Waals surface area (Å²) >= 11 is 5.93. The van der Waals surface area contributed by atoms with Crippen molar-refractivity contribution in [3.8, 4) is 0 Å². The third kappa shape index (κ3) is 2.81. The van der Waals surface area contributed by atoms with Crippen LogP contribution in [0.3, 0.4) is 0 Å². The Morgan fingerprint density at radius 1 is 1.33 bits per heavy atom. The lowest BCUT2D eigenvalue weighted by atomic mass is 10.0. The molecule has 6 nitrogen and oxygen atoms in total. The van der Waals surface area contributed by atoms with Gasteiger partial charge in [0.1, 0.15) is 0 Å². The first kappa shape index (κ1) is 13.3. The fraction of sp³-hybridized carbons (Fsp3) is 0.727. The molecule has 1 saturated heterocycles. The van der Waals surface area contributed by atoms with Gasteiger partial charge in [0.2, 0.25) is 17.2 Å². The van der Waals surface area contributed by atoms with Crippen LogP contribution in [0.2, 0.25) is 5.28 Å². The maximum absolute atomic E-state index is 9.41. The maximum atomic E-state index is 9.41. The Bertz CT molecular complexity index is 414. The second-order valence-electron chi connectivity index (χ2n) is 4.62. The molecule has 0 bridgehead atoms. The van der Waals surface area contributed by atoms with Gasteiger partial charge in [0.15, 0.2) is 0 Å². The number of piperidine rings is 1. The number of nitrogens with zero attached hydrogens (tertiary/aromatic N) is 5. The van der Waals surface area contributed by atoms with Gasteiger partial charge in [0, 0.05) is 20.6 Å². The highest BCUT2D eigenvalue weighted by Crippen LogP contribution is 2.23. The van der Waals surface area contributed by atoms with Crippen LogP contribution in [0.15, 0.2) is 0 Å². The Morgan fingerprint density at radius 2 is 2.11 bits per heavy atom. The smallest absolute Gasteiger partial charge is 0.231 e. The molecule has 1 N–H and O–H groups in total. The number of aromatic nitrogens is 3. The SMILES string of the molecule is CN(C)c1nc(Cl)nc(N2CCCCC2CO)n1. The summed E-state index contributed by atoms with van der Waals surface area (Å²) in [5.41, 5.74) is 0. The van der Waals surface area contributed by atoms with E-state index < -0.39 is 0 Å². The van der Waals surface area contributed by atoms with Gasteiger partial charge in [-0.2, -0.15) is 15.0 Å². The molecule has 1 fully saturated rings. The second kappa shape index (κ2) is 5.67. The fourth-order valence-electron chi connectivity index (χ4n) is 2.11. The third-order valence-corrected chi connectivity index (χ3v) is 3.25. The van der Waals surface area contributed by atoms with Crippen molar-refractivity contribution in [3.63, 3.8) is 0 Å². The molecule has 0 amide bonds. The van der Waals surface area contributed by atoms with Crippen LogP contribution in [0.25, 0.3) is 0 Å². The first-order valence-electron chi connectivity index (χ1n) is 6.08. The Hall–Kier alpha value is -1.14. The van der Waals surface area contributed by atoms with Gasteiger partial charge in [0.25, 0.3) is 0 Å². The van der Waals surface area contributed by atoms with Crippen LogP contribution in [-0.2, 0) is 0 Å². The Morgan fingerprint density at radius 3 is 2.78 bits per heavy atom. The van der Waals surface area contributed by atoms with Crippen molar-refractivity contribution < 1.29 is 5.11 Å². The number of hydrogen-bond donors (Lipinski definition) is 1. The van der Waals surface area contributed by atoms with E-state index in [9.17, 15) is 5.11 Å². The van der Waals surface area contributed by atoms with Gasteiger partial charge >= 0.3 is 0 Å². The average molecular weight is 272 g/mol. The van der Waals surface area contributed by atoms with E-state index in [1.54, 1.807) is 4.90 Å². The van der Waals surface area contributed by atoms with Crippen molar-refractivity contribution in [2.75, 3.05) is 37.0 Å². The van der Waals surface area contributed by atoms with Crippen LogP contribution in [-0.4, -0.2) is 53.3 Å². The minimum absolute atomic E-state index is 0.0761. The summed E-state index contributed by atoms with van der Waals surface area (Å²) in [5, 5.41) is 9.60. The van der Waals surface area contributed by atoms with Crippen LogP contribution in [0, 0.1) is 0 Å². The molecule has 1 aliphatic heterocycles. The minimum Gasteiger partial charge on any atom is -0.394 e. The van der Waals surface area contributed by atoms with Crippen molar-refractivity contribution in [1.82, 2.24) is 15.0 Å². The predicted molar refractivity (Wildman–Crippen MR) is 71.2 cm³/mol. The standard InChI is InChI=1S/C11H18ClN5O/c1-16(2)10-13-9(12)14-11(15-10)17-6-4-3-5-8(17)7-18/h8,18H,3-7H2,1-2H3. The van der Waals surface area contributed by atoms with Gasteiger partial charge in [-0.1, -0.05) is 0 Å². The fourth-order valence-corrected chi connectivity index (χ4v) is 2.26. The molecule has 0 saturated carbocycles. The molecule has 0 aliphatic carbocycles. The maximum Gasteiger partial charge on any atom is 0.231 e. The van der Waals surface area contributed by atoms with E-state index in [0.717, 1.165) is 25.8 Å². The van der Waals surface area contributed by atoms with Crippen LogP contribution in [0.1, 0.15) is 19.3 Å². The summed E-state index contributed by atoms with van der Waals surface area (Å²) in [5.74, 6) is 1.09. The minimum atomic E-state index is 0.0761. The van der Waals surface area contributed by atoms with Crippen molar-refractivity contribution in [1.29, 1.82) is 0 Å². The second-order valence-corrected chi connectivity index (χ2v) is 4.96. The van der Waals surface area contributed by atoms with Crippen molar-refractivity contribution >= 4 is 23.5 Å². The molecular formula is C11H18ClN5O. The van der Waals surface area contributed by atoms with E-state index in [1.807, 2.05) is 19.0 Å². The van der Waals surface area contributed by atoms with Crippen LogP contribution in [0.5, 0.6) is 0 Å². The zero-order valence-corrected chi connectivity index (χ0v) is 11.4. The highest BCUT2D eigenvalue weighted by atomic mass is 35.5. The van der Waals surface area contributed by atoms with Gasteiger partial charge in [-0.15, -0.1) is 0 Å². The molecule has 0 spiro atoms. The molecule has 0 aromatic carbocycles. The first-order chi connectivity index (χ1) is 8.61. The zero-order chi connectivity index (χ0) is 13.1. The molecule has 2 heterocycles. The van der Waals surface area contributed by atoms with Gasteiger partial charge in [0.05, 0.1) is 12.6 Å². The molecule has 1 unspecified atom stereocenters. The van der Waals surface area contributed by atoms with Gasteiger partial charge in [-0.05, 0) is 30.9 Å². The average Bonchev–Trinajstić information content (AvgIpc) is 2.38. The van der Waals surface area contributed by atoms with Gasteiger partial charge < -0.3 is 14.9 Å². The number of rotatable bonds is 3. The van der Waals surface area contributed by atoms with Crippen LogP contribution >= 0.6 is 11.6 Å². The van der Waals surface area contributed by atoms with E-state index in [0.29, 0.717) is 11.9 Å². The van der Waals surface area contributed by atoms with Crippen LogP contribution in [0.4, 0.5) is 11.9 Å². The molecule has 2 rings (SSSR count).